The van der Waals surface area contributed by atoms with Crippen LogP contribution in [0.15, 0.2) is 53.4 Å². The van der Waals surface area contributed by atoms with Crippen molar-refractivity contribution in [3.8, 4) is 0 Å². The molecule has 0 aromatic heterocycles. The van der Waals surface area contributed by atoms with E-state index in [4.69, 9.17) is 5.73 Å². The van der Waals surface area contributed by atoms with Crippen LogP contribution in [-0.4, -0.2) is 14.3 Å². The van der Waals surface area contributed by atoms with Crippen LogP contribution in [0.4, 0.5) is 8.78 Å². The van der Waals surface area contributed by atoms with Crippen LogP contribution in [0.3, 0.4) is 0 Å². The number of hydrogen-bond donors (Lipinski definition) is 2. The van der Waals surface area contributed by atoms with Gasteiger partial charge in [0, 0.05) is 0 Å². The Morgan fingerprint density at radius 3 is 2.23 bits per heavy atom. The van der Waals surface area contributed by atoms with Crippen molar-refractivity contribution in [2.24, 2.45) is 5.73 Å². The molecule has 0 unspecified atom stereocenters. The lowest BCUT2D eigenvalue weighted by Gasteiger charge is -2.16. The van der Waals surface area contributed by atoms with Crippen molar-refractivity contribution in [3.05, 3.63) is 65.7 Å². The summed E-state index contributed by atoms with van der Waals surface area (Å²) in [6.45, 7) is 0. The Labute approximate surface area is 125 Å². The highest BCUT2D eigenvalue weighted by Gasteiger charge is 2.26. The predicted octanol–water partition coefficient (Wildman–Crippen LogP) is 1.47. The third kappa shape index (κ3) is 3.46. The molecule has 2 rings (SSSR count). The summed E-state index contributed by atoms with van der Waals surface area (Å²) in [7, 11) is -4.25. The van der Waals surface area contributed by atoms with Gasteiger partial charge in [-0.3, -0.25) is 4.79 Å². The molecule has 0 fully saturated rings. The first-order chi connectivity index (χ1) is 10.3. The highest BCUT2D eigenvalue weighted by atomic mass is 32.2. The quantitative estimate of drug-likeness (QED) is 0.872. The second-order valence-corrected chi connectivity index (χ2v) is 6.16. The smallest absolute Gasteiger partial charge is 0.241 e. The minimum absolute atomic E-state index is 0.334. The van der Waals surface area contributed by atoms with E-state index >= 15 is 0 Å². The molecule has 0 aliphatic carbocycles. The van der Waals surface area contributed by atoms with Crippen molar-refractivity contribution in [1.82, 2.24) is 4.72 Å². The van der Waals surface area contributed by atoms with E-state index in [1.807, 2.05) is 0 Å². The second kappa shape index (κ2) is 6.20. The molecule has 3 N–H and O–H groups in total. The van der Waals surface area contributed by atoms with Crippen molar-refractivity contribution < 1.29 is 22.0 Å². The van der Waals surface area contributed by atoms with E-state index in [0.717, 1.165) is 6.07 Å². The molecule has 2 aromatic rings. The van der Waals surface area contributed by atoms with Crippen molar-refractivity contribution in [2.45, 2.75) is 10.9 Å². The Balaban J connectivity index is 2.36. The van der Waals surface area contributed by atoms with Crippen molar-refractivity contribution in [3.63, 3.8) is 0 Å². The van der Waals surface area contributed by atoms with Crippen LogP contribution in [0.2, 0.25) is 0 Å². The summed E-state index contributed by atoms with van der Waals surface area (Å²) in [5, 5.41) is 0. The van der Waals surface area contributed by atoms with Gasteiger partial charge >= 0.3 is 0 Å². The highest BCUT2D eigenvalue weighted by Crippen LogP contribution is 2.18. The molecular weight excluding hydrogens is 314 g/mol. The first-order valence-corrected chi connectivity index (χ1v) is 7.61. The summed E-state index contributed by atoms with van der Waals surface area (Å²) >= 11 is 0. The van der Waals surface area contributed by atoms with Crippen molar-refractivity contribution in [2.75, 3.05) is 0 Å². The van der Waals surface area contributed by atoms with Gasteiger partial charge in [0.25, 0.3) is 0 Å². The average Bonchev–Trinajstić information content (AvgIpc) is 2.48. The number of rotatable bonds is 5. The molecule has 0 spiro atoms. The Morgan fingerprint density at radius 1 is 1.05 bits per heavy atom. The SMILES string of the molecule is NC(=O)[C@H](NS(=O)(=O)c1ccc(F)c(F)c1)c1ccccc1. The number of carbonyl (C=O) groups is 1. The Bertz CT molecular complexity index is 795. The van der Waals surface area contributed by atoms with Gasteiger partial charge in [-0.2, -0.15) is 4.72 Å². The zero-order chi connectivity index (χ0) is 16.3. The molecule has 1 amide bonds. The fourth-order valence-electron chi connectivity index (χ4n) is 1.80. The van der Waals surface area contributed by atoms with Gasteiger partial charge in [-0.15, -0.1) is 0 Å². The number of benzene rings is 2. The summed E-state index contributed by atoms with van der Waals surface area (Å²) in [4.78, 5) is 11.0. The molecule has 116 valence electrons. The Kier molecular flexibility index (Phi) is 4.53. The molecule has 8 heteroatoms. The fraction of sp³-hybridized carbons (Fsp3) is 0.0714. The third-order valence-electron chi connectivity index (χ3n) is 2.89. The van der Waals surface area contributed by atoms with Gasteiger partial charge in [0.05, 0.1) is 4.90 Å². The van der Waals surface area contributed by atoms with Gasteiger partial charge < -0.3 is 5.73 Å². The van der Waals surface area contributed by atoms with Crippen LogP contribution in [0.1, 0.15) is 11.6 Å². The molecule has 0 saturated heterocycles. The lowest BCUT2D eigenvalue weighted by atomic mass is 10.1. The first-order valence-electron chi connectivity index (χ1n) is 6.13. The number of carbonyl (C=O) groups excluding carboxylic acids is 1. The van der Waals surface area contributed by atoms with E-state index < -0.39 is 38.5 Å². The molecule has 0 saturated carbocycles. The molecule has 0 heterocycles. The maximum absolute atomic E-state index is 13.2. The maximum atomic E-state index is 13.2. The molecule has 5 nitrogen and oxygen atoms in total. The lowest BCUT2D eigenvalue weighted by molar-refractivity contribution is -0.119. The van der Waals surface area contributed by atoms with Crippen LogP contribution in [-0.2, 0) is 14.8 Å². The zero-order valence-corrected chi connectivity index (χ0v) is 12.0. The lowest BCUT2D eigenvalue weighted by Crippen LogP contribution is -2.37. The molecule has 0 bridgehead atoms. The topological polar surface area (TPSA) is 89.3 Å². The molecule has 0 aliphatic heterocycles. The molecular formula is C14H12F2N2O3S. The predicted molar refractivity (Wildman–Crippen MR) is 75.1 cm³/mol. The minimum Gasteiger partial charge on any atom is -0.368 e. The summed E-state index contributed by atoms with van der Waals surface area (Å²) in [5.74, 6) is -3.40. The van der Waals surface area contributed by atoms with Crippen LogP contribution < -0.4 is 10.5 Å². The normalized spacial score (nSPS) is 12.8. The summed E-state index contributed by atoms with van der Waals surface area (Å²) < 4.78 is 52.5. The molecule has 2 aromatic carbocycles. The summed E-state index contributed by atoms with van der Waals surface area (Å²) in [6.07, 6.45) is 0. The Morgan fingerprint density at radius 2 is 1.68 bits per heavy atom. The van der Waals surface area contributed by atoms with E-state index in [-0.39, 0.29) is 0 Å². The van der Waals surface area contributed by atoms with Gasteiger partial charge in [-0.25, -0.2) is 17.2 Å². The van der Waals surface area contributed by atoms with Crippen LogP contribution in [0.25, 0.3) is 0 Å². The first kappa shape index (κ1) is 16.1. The minimum atomic E-state index is -4.25. The largest absolute Gasteiger partial charge is 0.368 e. The summed E-state index contributed by atoms with van der Waals surface area (Å²) in [5.41, 5.74) is 5.54. The molecule has 1 atom stereocenters. The second-order valence-electron chi connectivity index (χ2n) is 4.44. The average molecular weight is 326 g/mol. The fourth-order valence-corrected chi connectivity index (χ4v) is 3.01. The number of primary amides is 1. The van der Waals surface area contributed by atoms with Gasteiger partial charge in [0.2, 0.25) is 15.9 Å². The van der Waals surface area contributed by atoms with E-state index in [9.17, 15) is 22.0 Å². The number of nitrogens with one attached hydrogen (secondary N) is 1. The monoisotopic (exact) mass is 326 g/mol. The van der Waals surface area contributed by atoms with Crippen LogP contribution >= 0.6 is 0 Å². The maximum Gasteiger partial charge on any atom is 0.241 e. The number of nitrogens with two attached hydrogens (primary N) is 1. The van der Waals surface area contributed by atoms with Gasteiger partial charge in [0.15, 0.2) is 11.6 Å². The van der Waals surface area contributed by atoms with E-state index in [1.165, 1.54) is 12.1 Å². The number of amides is 1. The van der Waals surface area contributed by atoms with E-state index in [0.29, 0.717) is 17.7 Å². The van der Waals surface area contributed by atoms with E-state index in [2.05, 4.69) is 4.72 Å². The Hall–Kier alpha value is -2.32. The van der Waals surface area contributed by atoms with Gasteiger partial charge in [0.1, 0.15) is 6.04 Å². The highest BCUT2D eigenvalue weighted by molar-refractivity contribution is 7.89. The van der Waals surface area contributed by atoms with Crippen molar-refractivity contribution >= 4 is 15.9 Å². The third-order valence-corrected chi connectivity index (χ3v) is 4.31. The molecule has 0 aliphatic rings. The number of sulfonamides is 1. The van der Waals surface area contributed by atoms with Crippen LogP contribution in [0.5, 0.6) is 0 Å². The van der Waals surface area contributed by atoms with Gasteiger partial charge in [-0.1, -0.05) is 30.3 Å². The van der Waals surface area contributed by atoms with Crippen molar-refractivity contribution in [1.29, 1.82) is 0 Å². The van der Waals surface area contributed by atoms with Crippen LogP contribution in [0, 0.1) is 11.6 Å². The number of halogens is 2. The standard InChI is InChI=1S/C14H12F2N2O3S/c15-11-7-6-10(8-12(11)16)22(20,21)18-13(14(17)19)9-4-2-1-3-5-9/h1-8,13,18H,(H2,17,19)/t13-/m1/s1. The number of hydrogen-bond acceptors (Lipinski definition) is 3. The molecule has 0 radical (unpaired) electrons. The van der Waals surface area contributed by atoms with E-state index in [1.54, 1.807) is 18.2 Å². The molecule has 22 heavy (non-hydrogen) atoms. The zero-order valence-electron chi connectivity index (χ0n) is 11.2. The summed E-state index contributed by atoms with van der Waals surface area (Å²) in [6, 6.07) is 8.72. The van der Waals surface area contributed by atoms with Gasteiger partial charge in [-0.05, 0) is 23.8 Å².